The van der Waals surface area contributed by atoms with Crippen LogP contribution in [0.1, 0.15) is 25.6 Å². The molecule has 0 amide bonds. The summed E-state index contributed by atoms with van der Waals surface area (Å²) in [5.74, 6) is 0. The monoisotopic (exact) mass is 268 g/mol. The third-order valence-corrected chi connectivity index (χ3v) is 4.90. The highest BCUT2D eigenvalue weighted by Crippen LogP contribution is 2.41. The van der Waals surface area contributed by atoms with Crippen LogP contribution in [0.3, 0.4) is 0 Å². The first-order chi connectivity index (χ1) is 6.50. The summed E-state index contributed by atoms with van der Waals surface area (Å²) in [6.45, 7) is 6.76. The van der Waals surface area contributed by atoms with Crippen LogP contribution in [0.2, 0.25) is 0 Å². The molecule has 0 aliphatic heterocycles. The highest BCUT2D eigenvalue weighted by molar-refractivity contribution is 9.10. The Morgan fingerprint density at radius 1 is 1.14 bits per heavy atom. The molecule has 0 N–H and O–H groups in total. The molecule has 0 saturated heterocycles. The second-order valence-corrected chi connectivity index (χ2v) is 6.34. The maximum absolute atomic E-state index is 3.70. The van der Waals surface area contributed by atoms with Gasteiger partial charge in [-0.15, -0.1) is 11.3 Å². The molecule has 0 aliphatic carbocycles. The predicted molar refractivity (Wildman–Crippen MR) is 68.2 cm³/mol. The van der Waals surface area contributed by atoms with Gasteiger partial charge in [-0.25, -0.2) is 0 Å². The first-order valence-electron chi connectivity index (χ1n) is 4.67. The molecule has 0 spiro atoms. The summed E-state index contributed by atoms with van der Waals surface area (Å²) in [5.41, 5.74) is 0.225. The van der Waals surface area contributed by atoms with E-state index in [0.717, 1.165) is 0 Å². The highest BCUT2D eigenvalue weighted by atomic mass is 79.9. The normalized spacial score (nSPS) is 12.3. The van der Waals surface area contributed by atoms with Crippen molar-refractivity contribution in [3.63, 3.8) is 0 Å². The molecule has 1 heterocycles. The second kappa shape index (κ2) is 3.35. The van der Waals surface area contributed by atoms with Gasteiger partial charge in [0.05, 0.1) is 0 Å². The minimum atomic E-state index is 0.225. The average molecular weight is 269 g/mol. The Morgan fingerprint density at radius 2 is 1.79 bits per heavy atom. The van der Waals surface area contributed by atoms with Crippen molar-refractivity contribution in [3.8, 4) is 0 Å². The van der Waals surface area contributed by atoms with Crippen molar-refractivity contribution in [2.75, 3.05) is 0 Å². The lowest BCUT2D eigenvalue weighted by molar-refractivity contribution is 0.602. The molecule has 74 valence electrons. The van der Waals surface area contributed by atoms with E-state index in [4.69, 9.17) is 0 Å². The highest BCUT2D eigenvalue weighted by Gasteiger charge is 2.21. The molecule has 2 heteroatoms. The van der Waals surface area contributed by atoms with Crippen molar-refractivity contribution < 1.29 is 0 Å². The third kappa shape index (κ3) is 1.61. The number of rotatable bonds is 0. The predicted octanol–water partition coefficient (Wildman–Crippen LogP) is 4.96. The van der Waals surface area contributed by atoms with E-state index in [-0.39, 0.29) is 5.41 Å². The van der Waals surface area contributed by atoms with E-state index in [2.05, 4.69) is 61.0 Å². The topological polar surface area (TPSA) is 0 Å². The van der Waals surface area contributed by atoms with E-state index in [0.29, 0.717) is 0 Å². The van der Waals surface area contributed by atoms with E-state index in [9.17, 15) is 0 Å². The second-order valence-electron chi connectivity index (χ2n) is 4.49. The number of thiophene rings is 1. The maximum atomic E-state index is 3.70. The largest absolute Gasteiger partial charge is 0.139 e. The molecule has 0 aliphatic rings. The van der Waals surface area contributed by atoms with E-state index in [1.54, 1.807) is 0 Å². The van der Waals surface area contributed by atoms with Gasteiger partial charge in [0, 0.05) is 19.4 Å². The standard InChI is InChI=1S/C12H13BrS/c1-12(2,3)11-10(13)8-6-4-5-7-9(8)14-11/h4-7H,1-3H3. The van der Waals surface area contributed by atoms with Crippen LogP contribution < -0.4 is 0 Å². The Balaban J connectivity index is 2.75. The lowest BCUT2D eigenvalue weighted by atomic mass is 9.94. The molecule has 1 aromatic heterocycles. The summed E-state index contributed by atoms with van der Waals surface area (Å²) >= 11 is 5.58. The molecule has 1 aromatic carbocycles. The summed E-state index contributed by atoms with van der Waals surface area (Å²) in [5, 5.41) is 1.34. The summed E-state index contributed by atoms with van der Waals surface area (Å²) < 4.78 is 2.63. The summed E-state index contributed by atoms with van der Waals surface area (Å²) in [6, 6.07) is 8.54. The Labute approximate surface area is 97.1 Å². The van der Waals surface area contributed by atoms with Crippen LogP contribution in [-0.4, -0.2) is 0 Å². The minimum Gasteiger partial charge on any atom is -0.139 e. The van der Waals surface area contributed by atoms with Crippen LogP contribution in [0, 0.1) is 0 Å². The smallest absolute Gasteiger partial charge is 0.0398 e. The molecule has 2 rings (SSSR count). The van der Waals surface area contributed by atoms with Crippen LogP contribution >= 0.6 is 27.3 Å². The van der Waals surface area contributed by atoms with Crippen molar-refractivity contribution in [2.24, 2.45) is 0 Å². The van der Waals surface area contributed by atoms with Crippen LogP contribution in [0.25, 0.3) is 10.1 Å². The fraction of sp³-hybridized carbons (Fsp3) is 0.333. The van der Waals surface area contributed by atoms with Crippen LogP contribution in [0.15, 0.2) is 28.7 Å². The molecular weight excluding hydrogens is 256 g/mol. The maximum Gasteiger partial charge on any atom is 0.0398 e. The van der Waals surface area contributed by atoms with Gasteiger partial charge < -0.3 is 0 Å². The molecule has 0 saturated carbocycles. The summed E-state index contributed by atoms with van der Waals surface area (Å²) in [4.78, 5) is 1.43. The summed E-state index contributed by atoms with van der Waals surface area (Å²) in [6.07, 6.45) is 0. The Bertz CT molecular complexity index is 463. The number of hydrogen-bond acceptors (Lipinski definition) is 1. The van der Waals surface area contributed by atoms with Crippen LogP contribution in [0.5, 0.6) is 0 Å². The fourth-order valence-electron chi connectivity index (χ4n) is 1.50. The van der Waals surface area contributed by atoms with Gasteiger partial charge in [0.2, 0.25) is 0 Å². The van der Waals surface area contributed by atoms with Crippen LogP contribution in [0.4, 0.5) is 0 Å². The molecule has 2 aromatic rings. The number of hydrogen-bond donors (Lipinski definition) is 0. The molecule has 0 atom stereocenters. The van der Waals surface area contributed by atoms with Gasteiger partial charge in [0.1, 0.15) is 0 Å². The van der Waals surface area contributed by atoms with Gasteiger partial charge >= 0.3 is 0 Å². The molecule has 0 radical (unpaired) electrons. The van der Waals surface area contributed by atoms with E-state index in [1.807, 2.05) is 11.3 Å². The number of benzene rings is 1. The van der Waals surface area contributed by atoms with Gasteiger partial charge in [0.25, 0.3) is 0 Å². The molecule has 0 bridgehead atoms. The zero-order valence-electron chi connectivity index (χ0n) is 8.60. The lowest BCUT2D eigenvalue weighted by Crippen LogP contribution is -2.08. The lowest BCUT2D eigenvalue weighted by Gasteiger charge is -2.16. The van der Waals surface area contributed by atoms with Crippen molar-refractivity contribution >= 4 is 37.4 Å². The summed E-state index contributed by atoms with van der Waals surface area (Å²) in [7, 11) is 0. The zero-order chi connectivity index (χ0) is 10.3. The van der Waals surface area contributed by atoms with Gasteiger partial charge in [-0.3, -0.25) is 0 Å². The van der Waals surface area contributed by atoms with Crippen molar-refractivity contribution in [1.29, 1.82) is 0 Å². The van der Waals surface area contributed by atoms with E-state index < -0.39 is 0 Å². The number of halogens is 1. The molecular formula is C12H13BrS. The Morgan fingerprint density at radius 3 is 2.36 bits per heavy atom. The number of fused-ring (bicyclic) bond motifs is 1. The van der Waals surface area contributed by atoms with E-state index in [1.165, 1.54) is 19.4 Å². The van der Waals surface area contributed by atoms with Gasteiger partial charge in [-0.05, 0) is 27.4 Å². The van der Waals surface area contributed by atoms with E-state index >= 15 is 0 Å². The van der Waals surface area contributed by atoms with Gasteiger partial charge in [0.15, 0.2) is 0 Å². The van der Waals surface area contributed by atoms with Crippen molar-refractivity contribution in [1.82, 2.24) is 0 Å². The minimum absolute atomic E-state index is 0.225. The average Bonchev–Trinajstić information content (AvgIpc) is 2.44. The van der Waals surface area contributed by atoms with Crippen molar-refractivity contribution in [3.05, 3.63) is 33.6 Å². The quantitative estimate of drug-likeness (QED) is 0.634. The molecule has 14 heavy (non-hydrogen) atoms. The molecule has 0 unspecified atom stereocenters. The molecule has 0 nitrogen and oxygen atoms in total. The van der Waals surface area contributed by atoms with Crippen LogP contribution in [-0.2, 0) is 5.41 Å². The zero-order valence-corrected chi connectivity index (χ0v) is 11.0. The Hall–Kier alpha value is -0.340. The Kier molecular flexibility index (Phi) is 2.44. The third-order valence-electron chi connectivity index (χ3n) is 2.22. The first-order valence-corrected chi connectivity index (χ1v) is 6.28. The SMILES string of the molecule is CC(C)(C)c1sc2ccccc2c1Br. The molecule has 0 fully saturated rings. The first kappa shape index (κ1) is 10.2. The van der Waals surface area contributed by atoms with Gasteiger partial charge in [-0.2, -0.15) is 0 Å². The fourth-order valence-corrected chi connectivity index (χ4v) is 3.96. The van der Waals surface area contributed by atoms with Crippen molar-refractivity contribution in [2.45, 2.75) is 26.2 Å². The van der Waals surface area contributed by atoms with Gasteiger partial charge in [-0.1, -0.05) is 39.0 Å².